The van der Waals surface area contributed by atoms with Gasteiger partial charge in [-0.2, -0.15) is 0 Å². The van der Waals surface area contributed by atoms with E-state index >= 15 is 0 Å². The monoisotopic (exact) mass is 263 g/mol. The van der Waals surface area contributed by atoms with Crippen molar-refractivity contribution in [2.24, 2.45) is 0 Å². The lowest BCUT2D eigenvalue weighted by atomic mass is 10.00. The van der Waals surface area contributed by atoms with Crippen molar-refractivity contribution in [2.45, 2.75) is 45.9 Å². The van der Waals surface area contributed by atoms with Gasteiger partial charge in [0.1, 0.15) is 0 Å². The highest BCUT2D eigenvalue weighted by Gasteiger charge is 2.26. The zero-order chi connectivity index (χ0) is 14.0. The second-order valence-corrected chi connectivity index (χ2v) is 5.82. The normalized spacial score (nSPS) is 26.4. The number of aliphatic hydroxyl groups is 1. The van der Waals surface area contributed by atoms with E-state index in [-0.39, 0.29) is 6.10 Å². The van der Waals surface area contributed by atoms with E-state index in [9.17, 15) is 5.11 Å². The van der Waals surface area contributed by atoms with Gasteiger partial charge in [0.05, 0.1) is 18.8 Å². The van der Waals surface area contributed by atoms with E-state index in [0.29, 0.717) is 12.6 Å². The lowest BCUT2D eigenvalue weighted by Gasteiger charge is -2.38. The van der Waals surface area contributed by atoms with Crippen molar-refractivity contribution in [1.29, 1.82) is 0 Å². The molecule has 0 aromatic heterocycles. The van der Waals surface area contributed by atoms with Crippen molar-refractivity contribution in [3.8, 4) is 0 Å². The molecule has 0 amide bonds. The minimum atomic E-state index is -0.423. The van der Waals surface area contributed by atoms with Crippen LogP contribution in [0.4, 0.5) is 0 Å². The molecular weight excluding hydrogens is 238 g/mol. The summed E-state index contributed by atoms with van der Waals surface area (Å²) in [7, 11) is 0. The number of ether oxygens (including phenoxy) is 1. The van der Waals surface area contributed by atoms with Gasteiger partial charge in [0.25, 0.3) is 0 Å². The highest BCUT2D eigenvalue weighted by Crippen LogP contribution is 2.22. The molecule has 0 aliphatic carbocycles. The molecule has 1 aliphatic rings. The fourth-order valence-corrected chi connectivity index (χ4v) is 2.67. The first kappa shape index (κ1) is 14.5. The lowest BCUT2D eigenvalue weighted by molar-refractivity contribution is -0.0620. The number of rotatable bonds is 3. The minimum Gasteiger partial charge on any atom is -0.387 e. The molecule has 19 heavy (non-hydrogen) atoms. The SMILES string of the molecule is Cc1ccc(C)c(C(O)CN2CC(C)OCC2C)c1. The van der Waals surface area contributed by atoms with Crippen LogP contribution in [0.5, 0.6) is 0 Å². The van der Waals surface area contributed by atoms with Crippen LogP contribution in [0.3, 0.4) is 0 Å². The molecule has 3 unspecified atom stereocenters. The van der Waals surface area contributed by atoms with Crippen LogP contribution in [0.2, 0.25) is 0 Å². The van der Waals surface area contributed by atoms with Crippen molar-refractivity contribution in [3.63, 3.8) is 0 Å². The molecule has 1 aliphatic heterocycles. The van der Waals surface area contributed by atoms with Crippen LogP contribution in [0.15, 0.2) is 18.2 Å². The van der Waals surface area contributed by atoms with E-state index in [2.05, 4.69) is 50.8 Å². The van der Waals surface area contributed by atoms with Crippen LogP contribution in [0.25, 0.3) is 0 Å². The first-order valence-electron chi connectivity index (χ1n) is 7.08. The number of nitrogens with zero attached hydrogens (tertiary/aromatic N) is 1. The van der Waals surface area contributed by atoms with Crippen molar-refractivity contribution in [3.05, 3.63) is 34.9 Å². The van der Waals surface area contributed by atoms with E-state index in [1.165, 1.54) is 5.56 Å². The Balaban J connectivity index is 2.07. The number of β-amino-alcohol motifs (C(OH)–C–C–N with tert-alkyl or cyclic N) is 1. The number of aliphatic hydroxyl groups excluding tert-OH is 1. The van der Waals surface area contributed by atoms with Crippen molar-refractivity contribution < 1.29 is 9.84 Å². The van der Waals surface area contributed by atoms with Gasteiger partial charge in [-0.15, -0.1) is 0 Å². The van der Waals surface area contributed by atoms with E-state index in [1.807, 2.05) is 0 Å². The molecule has 1 fully saturated rings. The third-order valence-corrected chi connectivity index (χ3v) is 3.94. The molecule has 1 aromatic rings. The van der Waals surface area contributed by atoms with Crippen LogP contribution >= 0.6 is 0 Å². The summed E-state index contributed by atoms with van der Waals surface area (Å²) in [6.45, 7) is 10.7. The number of morpholine rings is 1. The fraction of sp³-hybridized carbons (Fsp3) is 0.625. The predicted octanol–water partition coefficient (Wildman–Crippen LogP) is 2.45. The Morgan fingerprint density at radius 3 is 2.84 bits per heavy atom. The summed E-state index contributed by atoms with van der Waals surface area (Å²) in [4.78, 5) is 2.32. The number of aryl methyl sites for hydroxylation is 2. The maximum absolute atomic E-state index is 10.5. The highest BCUT2D eigenvalue weighted by atomic mass is 16.5. The molecule has 0 radical (unpaired) electrons. The standard InChI is InChI=1S/C16H25NO2/c1-11-5-6-12(2)15(7-11)16(18)9-17-8-14(4)19-10-13(17)3/h5-7,13-14,16,18H,8-10H2,1-4H3. The maximum Gasteiger partial charge on any atom is 0.0919 e. The van der Waals surface area contributed by atoms with Gasteiger partial charge in [0.15, 0.2) is 0 Å². The number of benzene rings is 1. The molecule has 2 rings (SSSR count). The summed E-state index contributed by atoms with van der Waals surface area (Å²) < 4.78 is 5.63. The molecule has 1 saturated heterocycles. The molecule has 1 heterocycles. The zero-order valence-electron chi connectivity index (χ0n) is 12.4. The third kappa shape index (κ3) is 3.56. The third-order valence-electron chi connectivity index (χ3n) is 3.94. The topological polar surface area (TPSA) is 32.7 Å². The Morgan fingerprint density at radius 1 is 1.37 bits per heavy atom. The van der Waals surface area contributed by atoms with E-state index in [0.717, 1.165) is 24.3 Å². The summed E-state index contributed by atoms with van der Waals surface area (Å²) in [5, 5.41) is 10.5. The van der Waals surface area contributed by atoms with Gasteiger partial charge in [-0.3, -0.25) is 4.90 Å². The molecule has 3 atom stereocenters. The maximum atomic E-state index is 10.5. The van der Waals surface area contributed by atoms with Gasteiger partial charge in [0.2, 0.25) is 0 Å². The van der Waals surface area contributed by atoms with Gasteiger partial charge >= 0.3 is 0 Å². The summed E-state index contributed by atoms with van der Waals surface area (Å²) in [5.41, 5.74) is 3.40. The smallest absolute Gasteiger partial charge is 0.0919 e. The average Bonchev–Trinajstić information content (AvgIpc) is 2.36. The number of hydrogen-bond acceptors (Lipinski definition) is 3. The van der Waals surface area contributed by atoms with Crippen molar-refractivity contribution in [1.82, 2.24) is 4.90 Å². The minimum absolute atomic E-state index is 0.252. The van der Waals surface area contributed by atoms with Gasteiger partial charge in [0, 0.05) is 19.1 Å². The first-order chi connectivity index (χ1) is 8.97. The first-order valence-corrected chi connectivity index (χ1v) is 7.08. The summed E-state index contributed by atoms with van der Waals surface area (Å²) in [6, 6.07) is 6.63. The highest BCUT2D eigenvalue weighted by molar-refractivity contribution is 5.32. The fourth-order valence-electron chi connectivity index (χ4n) is 2.67. The summed E-state index contributed by atoms with van der Waals surface area (Å²) in [5.74, 6) is 0. The van der Waals surface area contributed by atoms with Gasteiger partial charge < -0.3 is 9.84 Å². The number of hydrogen-bond donors (Lipinski definition) is 1. The van der Waals surface area contributed by atoms with Crippen LogP contribution in [0, 0.1) is 13.8 Å². The van der Waals surface area contributed by atoms with Gasteiger partial charge in [-0.25, -0.2) is 0 Å². The second-order valence-electron chi connectivity index (χ2n) is 5.82. The summed E-state index contributed by atoms with van der Waals surface area (Å²) >= 11 is 0. The largest absolute Gasteiger partial charge is 0.387 e. The zero-order valence-corrected chi connectivity index (χ0v) is 12.4. The van der Waals surface area contributed by atoms with Crippen molar-refractivity contribution in [2.75, 3.05) is 19.7 Å². The Bertz CT molecular complexity index is 433. The van der Waals surface area contributed by atoms with Crippen LogP contribution in [0.1, 0.15) is 36.6 Å². The Morgan fingerprint density at radius 2 is 2.11 bits per heavy atom. The average molecular weight is 263 g/mol. The van der Waals surface area contributed by atoms with Gasteiger partial charge in [-0.05, 0) is 38.8 Å². The molecule has 3 heteroatoms. The molecule has 3 nitrogen and oxygen atoms in total. The molecule has 1 aromatic carbocycles. The molecular formula is C16H25NO2. The lowest BCUT2D eigenvalue weighted by Crippen LogP contribution is -2.48. The second kappa shape index (κ2) is 6.04. The Hall–Kier alpha value is -0.900. The van der Waals surface area contributed by atoms with E-state index in [4.69, 9.17) is 4.74 Å². The molecule has 0 bridgehead atoms. The quantitative estimate of drug-likeness (QED) is 0.909. The summed E-state index contributed by atoms with van der Waals surface area (Å²) in [6.07, 6.45) is -0.172. The van der Waals surface area contributed by atoms with Crippen LogP contribution in [-0.2, 0) is 4.74 Å². The Labute approximate surface area is 116 Å². The predicted molar refractivity (Wildman–Crippen MR) is 77.3 cm³/mol. The van der Waals surface area contributed by atoms with Crippen LogP contribution < -0.4 is 0 Å². The van der Waals surface area contributed by atoms with Gasteiger partial charge in [-0.1, -0.05) is 23.8 Å². The molecule has 0 saturated carbocycles. The Kier molecular flexibility index (Phi) is 4.61. The molecule has 106 valence electrons. The van der Waals surface area contributed by atoms with Crippen molar-refractivity contribution >= 4 is 0 Å². The van der Waals surface area contributed by atoms with E-state index < -0.39 is 6.10 Å². The van der Waals surface area contributed by atoms with Crippen LogP contribution in [-0.4, -0.2) is 41.8 Å². The molecule has 0 spiro atoms. The van der Waals surface area contributed by atoms with E-state index in [1.54, 1.807) is 0 Å². The molecule has 1 N–H and O–H groups in total.